The number of benzene rings is 2. The van der Waals surface area contributed by atoms with Crippen LogP contribution in [0, 0.1) is 5.41 Å². The Bertz CT molecular complexity index is 584. The average molecular weight is 250 g/mol. The highest BCUT2D eigenvalue weighted by Gasteiger charge is 2.56. The van der Waals surface area contributed by atoms with Crippen molar-refractivity contribution in [1.29, 1.82) is 0 Å². The fourth-order valence-electron chi connectivity index (χ4n) is 3.30. The fourth-order valence-corrected chi connectivity index (χ4v) is 3.30. The van der Waals surface area contributed by atoms with Crippen LogP contribution in [-0.2, 0) is 4.79 Å². The molecule has 0 aromatic heterocycles. The predicted octanol–water partition coefficient (Wildman–Crippen LogP) is 4.16. The lowest BCUT2D eigenvalue weighted by Crippen LogP contribution is -2.50. The van der Waals surface area contributed by atoms with Crippen LogP contribution < -0.4 is 0 Å². The van der Waals surface area contributed by atoms with Crippen molar-refractivity contribution in [2.75, 3.05) is 0 Å². The molecule has 0 saturated heterocycles. The summed E-state index contributed by atoms with van der Waals surface area (Å²) >= 11 is 0. The summed E-state index contributed by atoms with van der Waals surface area (Å²) in [6, 6.07) is 20.5. The van der Waals surface area contributed by atoms with Crippen molar-refractivity contribution in [1.82, 2.24) is 0 Å². The zero-order valence-corrected chi connectivity index (χ0v) is 11.3. The van der Waals surface area contributed by atoms with Crippen molar-refractivity contribution >= 4 is 5.78 Å². The molecule has 0 bridgehead atoms. The van der Waals surface area contributed by atoms with Crippen molar-refractivity contribution < 1.29 is 4.79 Å². The Labute approximate surface area is 114 Å². The summed E-state index contributed by atoms with van der Waals surface area (Å²) in [7, 11) is 0. The van der Waals surface area contributed by atoms with E-state index in [0.29, 0.717) is 5.78 Å². The summed E-state index contributed by atoms with van der Waals surface area (Å²) in [5.74, 6) is 0.648. The van der Waals surface area contributed by atoms with E-state index < -0.39 is 0 Å². The second-order valence-corrected chi connectivity index (χ2v) is 5.86. The molecule has 0 aliphatic heterocycles. The van der Waals surface area contributed by atoms with Gasteiger partial charge in [-0.2, -0.15) is 0 Å². The van der Waals surface area contributed by atoms with Gasteiger partial charge in [0.2, 0.25) is 0 Å². The van der Waals surface area contributed by atoms with Crippen LogP contribution in [0.5, 0.6) is 0 Å². The number of carbonyl (C=O) groups is 1. The molecule has 0 spiro atoms. The molecule has 2 atom stereocenters. The Hall–Kier alpha value is -1.89. The van der Waals surface area contributed by atoms with Crippen molar-refractivity contribution in [3.8, 4) is 0 Å². The smallest absolute Gasteiger partial charge is 0.147 e. The van der Waals surface area contributed by atoms with Crippen LogP contribution in [0.25, 0.3) is 0 Å². The van der Waals surface area contributed by atoms with Crippen molar-refractivity contribution in [3.63, 3.8) is 0 Å². The average Bonchev–Trinajstić information content (AvgIpc) is 2.45. The van der Waals surface area contributed by atoms with Crippen LogP contribution in [0.4, 0.5) is 0 Å². The van der Waals surface area contributed by atoms with Gasteiger partial charge in [0.25, 0.3) is 0 Å². The normalized spacial score (nSPS) is 24.8. The summed E-state index contributed by atoms with van der Waals surface area (Å²) in [6.45, 7) is 4.12. The van der Waals surface area contributed by atoms with Gasteiger partial charge >= 0.3 is 0 Å². The molecule has 1 aliphatic carbocycles. The van der Waals surface area contributed by atoms with E-state index in [4.69, 9.17) is 0 Å². The third-order valence-corrected chi connectivity index (χ3v) is 4.35. The molecule has 0 amide bonds. The monoisotopic (exact) mass is 250 g/mol. The quantitative estimate of drug-likeness (QED) is 0.782. The fraction of sp³-hybridized carbons (Fsp3) is 0.278. The molecule has 2 unspecified atom stereocenters. The summed E-state index contributed by atoms with van der Waals surface area (Å²) in [5.41, 5.74) is 2.14. The number of carbonyl (C=O) groups excluding carboxylic acids is 1. The first-order valence-corrected chi connectivity index (χ1v) is 6.76. The lowest BCUT2D eigenvalue weighted by atomic mass is 9.51. The maximum absolute atomic E-state index is 12.5. The van der Waals surface area contributed by atoms with Crippen molar-refractivity contribution in [3.05, 3.63) is 71.8 Å². The molecule has 0 heterocycles. The highest BCUT2D eigenvalue weighted by atomic mass is 16.1. The molecular formula is C18H18O. The van der Waals surface area contributed by atoms with E-state index in [1.807, 2.05) is 24.3 Å². The topological polar surface area (TPSA) is 17.1 Å². The van der Waals surface area contributed by atoms with Gasteiger partial charge in [-0.15, -0.1) is 0 Å². The van der Waals surface area contributed by atoms with Gasteiger partial charge in [-0.05, 0) is 11.1 Å². The molecule has 1 heteroatoms. The molecule has 0 radical (unpaired) electrons. The molecule has 1 fully saturated rings. The van der Waals surface area contributed by atoms with Gasteiger partial charge < -0.3 is 0 Å². The van der Waals surface area contributed by atoms with Crippen LogP contribution >= 0.6 is 0 Å². The highest BCUT2D eigenvalue weighted by Crippen LogP contribution is 2.57. The van der Waals surface area contributed by atoms with Crippen LogP contribution in [0.3, 0.4) is 0 Å². The standard InChI is InChI=1S/C18H18O/c1-18(2)16(14-11-7-4-8-12-14)15(17(18)19)13-9-5-3-6-10-13/h3-12,15-16H,1-2H3. The van der Waals surface area contributed by atoms with E-state index in [9.17, 15) is 4.79 Å². The van der Waals surface area contributed by atoms with E-state index in [1.54, 1.807) is 0 Å². The van der Waals surface area contributed by atoms with E-state index in [-0.39, 0.29) is 17.3 Å². The van der Waals surface area contributed by atoms with E-state index in [1.165, 1.54) is 5.56 Å². The third-order valence-electron chi connectivity index (χ3n) is 4.35. The minimum absolute atomic E-state index is 0.0126. The minimum atomic E-state index is -0.262. The van der Waals surface area contributed by atoms with E-state index in [0.717, 1.165) is 5.56 Å². The van der Waals surface area contributed by atoms with Gasteiger partial charge in [0.15, 0.2) is 0 Å². The van der Waals surface area contributed by atoms with Crippen molar-refractivity contribution in [2.24, 2.45) is 5.41 Å². The molecule has 3 rings (SSSR count). The molecule has 1 nitrogen and oxygen atoms in total. The molecule has 1 saturated carbocycles. The van der Waals surface area contributed by atoms with Gasteiger partial charge in [-0.1, -0.05) is 74.5 Å². The number of Topliss-reactive ketones (excluding diaryl/α,β-unsaturated/α-hetero) is 1. The summed E-state index contributed by atoms with van der Waals surface area (Å²) in [5, 5.41) is 0. The number of hydrogen-bond acceptors (Lipinski definition) is 1. The van der Waals surface area contributed by atoms with E-state index >= 15 is 0 Å². The zero-order valence-electron chi connectivity index (χ0n) is 11.3. The van der Waals surface area contributed by atoms with Gasteiger partial charge in [-0.3, -0.25) is 4.79 Å². The molecule has 96 valence electrons. The lowest BCUT2D eigenvalue weighted by Gasteiger charge is -2.50. The first kappa shape index (κ1) is 12.2. The maximum atomic E-state index is 12.5. The zero-order chi connectivity index (χ0) is 13.5. The summed E-state index contributed by atoms with van der Waals surface area (Å²) in [4.78, 5) is 12.5. The first-order chi connectivity index (χ1) is 9.12. The Morgan fingerprint density at radius 3 is 1.79 bits per heavy atom. The molecule has 0 N–H and O–H groups in total. The number of ketones is 1. The molecule has 1 aliphatic rings. The van der Waals surface area contributed by atoms with E-state index in [2.05, 4.69) is 50.2 Å². The van der Waals surface area contributed by atoms with Gasteiger partial charge in [0.05, 0.1) is 5.92 Å². The summed E-state index contributed by atoms with van der Waals surface area (Å²) in [6.07, 6.45) is 0. The van der Waals surface area contributed by atoms with Gasteiger partial charge in [0, 0.05) is 11.3 Å². The third kappa shape index (κ3) is 1.81. The molecule has 2 aromatic carbocycles. The molecule has 2 aromatic rings. The van der Waals surface area contributed by atoms with Gasteiger partial charge in [-0.25, -0.2) is 0 Å². The Balaban J connectivity index is 2.03. The predicted molar refractivity (Wildman–Crippen MR) is 77.2 cm³/mol. The molecular weight excluding hydrogens is 232 g/mol. The van der Waals surface area contributed by atoms with Crippen molar-refractivity contribution in [2.45, 2.75) is 25.7 Å². The number of rotatable bonds is 2. The second-order valence-electron chi connectivity index (χ2n) is 5.86. The van der Waals surface area contributed by atoms with Crippen LogP contribution in [-0.4, -0.2) is 5.78 Å². The van der Waals surface area contributed by atoms with Crippen LogP contribution in [0.15, 0.2) is 60.7 Å². The largest absolute Gasteiger partial charge is 0.298 e. The second kappa shape index (κ2) is 4.34. The van der Waals surface area contributed by atoms with Crippen LogP contribution in [0.1, 0.15) is 36.8 Å². The number of hydrogen-bond donors (Lipinski definition) is 0. The summed E-state index contributed by atoms with van der Waals surface area (Å²) < 4.78 is 0. The maximum Gasteiger partial charge on any atom is 0.147 e. The van der Waals surface area contributed by atoms with Gasteiger partial charge in [0.1, 0.15) is 5.78 Å². The first-order valence-electron chi connectivity index (χ1n) is 6.76. The Kier molecular flexibility index (Phi) is 2.78. The minimum Gasteiger partial charge on any atom is -0.298 e. The Morgan fingerprint density at radius 1 is 0.789 bits per heavy atom. The lowest BCUT2D eigenvalue weighted by molar-refractivity contribution is -0.141. The molecule has 19 heavy (non-hydrogen) atoms. The SMILES string of the molecule is CC1(C)C(=O)C(c2ccccc2)C1c1ccccc1. The van der Waals surface area contributed by atoms with Crippen LogP contribution in [0.2, 0.25) is 0 Å². The highest BCUT2D eigenvalue weighted by molar-refractivity contribution is 5.99. The Morgan fingerprint density at radius 2 is 1.26 bits per heavy atom.